The first-order valence-electron chi connectivity index (χ1n) is 13.4. The van der Waals surface area contributed by atoms with Crippen LogP contribution in [0.1, 0.15) is 17.9 Å². The van der Waals surface area contributed by atoms with Gasteiger partial charge in [-0.15, -0.1) is 25.3 Å². The van der Waals surface area contributed by atoms with Crippen molar-refractivity contribution in [2.24, 2.45) is 0 Å². The van der Waals surface area contributed by atoms with Gasteiger partial charge in [-0.2, -0.15) is 0 Å². The van der Waals surface area contributed by atoms with Crippen LogP contribution in [0.25, 0.3) is 55.4 Å². The molecule has 0 spiro atoms. The summed E-state index contributed by atoms with van der Waals surface area (Å²) in [4.78, 5) is 12.4. The average molecular weight is 551 g/mol. The predicted octanol–water partition coefficient (Wildman–Crippen LogP) is 9.96. The van der Waals surface area contributed by atoms with Gasteiger partial charge in [0.05, 0.1) is 22.4 Å². The first-order valence-corrected chi connectivity index (χ1v) is 14.3. The van der Waals surface area contributed by atoms with Crippen LogP contribution in [-0.2, 0) is 0 Å². The maximum Gasteiger partial charge on any atom is 0.0978 e. The van der Waals surface area contributed by atoms with Gasteiger partial charge in [-0.1, -0.05) is 103 Å². The third kappa shape index (κ3) is 4.43. The minimum absolute atomic E-state index is 0.258. The standard InChI is InChI=1S/C36H26N2S2/c39-33-17-9-7-15-27(33)31-21-29(23-11-3-1-4-12-23)25-19-20-26-30(24-13-5-2-6-14-24)22-32(38-36(26)35(25)37-31)28-16-8-10-18-34(28)40/h1-13,15-22,24,39-40H,14H2. The minimum Gasteiger partial charge on any atom is -0.245 e. The van der Waals surface area contributed by atoms with Crippen LogP contribution in [0.5, 0.6) is 0 Å². The topological polar surface area (TPSA) is 25.8 Å². The molecule has 1 aliphatic rings. The molecule has 0 aliphatic heterocycles. The molecule has 40 heavy (non-hydrogen) atoms. The van der Waals surface area contributed by atoms with Crippen molar-refractivity contribution in [1.29, 1.82) is 0 Å². The average Bonchev–Trinajstić information content (AvgIpc) is 3.01. The monoisotopic (exact) mass is 550 g/mol. The molecule has 4 heteroatoms. The molecule has 2 heterocycles. The summed E-state index contributed by atoms with van der Waals surface area (Å²) >= 11 is 9.57. The molecule has 1 aliphatic carbocycles. The van der Waals surface area contributed by atoms with Crippen LogP contribution in [0, 0.1) is 0 Å². The molecule has 1 atom stereocenters. The molecule has 192 valence electrons. The minimum atomic E-state index is 0.258. The Kier molecular flexibility index (Phi) is 6.51. The van der Waals surface area contributed by atoms with Crippen LogP contribution < -0.4 is 0 Å². The van der Waals surface area contributed by atoms with Crippen LogP contribution in [0.3, 0.4) is 0 Å². The largest absolute Gasteiger partial charge is 0.245 e. The number of hydrogen-bond donors (Lipinski definition) is 2. The van der Waals surface area contributed by atoms with E-state index < -0.39 is 0 Å². The lowest BCUT2D eigenvalue weighted by molar-refractivity contribution is 0.861. The zero-order valence-electron chi connectivity index (χ0n) is 21.7. The molecule has 1 unspecified atom stereocenters. The van der Waals surface area contributed by atoms with Gasteiger partial charge in [-0.3, -0.25) is 0 Å². The summed E-state index contributed by atoms with van der Waals surface area (Å²) in [6.07, 6.45) is 9.73. The second kappa shape index (κ2) is 10.5. The van der Waals surface area contributed by atoms with Gasteiger partial charge < -0.3 is 0 Å². The van der Waals surface area contributed by atoms with Crippen LogP contribution in [0.2, 0.25) is 0 Å². The van der Waals surface area contributed by atoms with Gasteiger partial charge in [0.2, 0.25) is 0 Å². The number of pyridine rings is 2. The van der Waals surface area contributed by atoms with E-state index in [1.54, 1.807) is 0 Å². The zero-order chi connectivity index (χ0) is 27.1. The molecule has 2 aromatic heterocycles. The van der Waals surface area contributed by atoms with Gasteiger partial charge in [0, 0.05) is 37.6 Å². The number of nitrogens with zero attached hydrogens (tertiary/aromatic N) is 2. The van der Waals surface area contributed by atoms with E-state index in [1.165, 1.54) is 5.56 Å². The molecule has 0 saturated carbocycles. The van der Waals surface area contributed by atoms with E-state index in [1.807, 2.05) is 42.5 Å². The molecule has 6 aromatic rings. The normalized spacial score (nSPS) is 14.7. The summed E-state index contributed by atoms with van der Waals surface area (Å²) in [7, 11) is 0. The Morgan fingerprint density at radius 3 is 1.82 bits per heavy atom. The van der Waals surface area contributed by atoms with Gasteiger partial charge in [-0.25, -0.2) is 9.97 Å². The van der Waals surface area contributed by atoms with Crippen molar-refractivity contribution in [3.05, 3.63) is 133 Å². The zero-order valence-corrected chi connectivity index (χ0v) is 23.5. The van der Waals surface area contributed by atoms with Gasteiger partial charge in [0.1, 0.15) is 0 Å². The van der Waals surface area contributed by atoms with Crippen molar-refractivity contribution < 1.29 is 0 Å². The maximum atomic E-state index is 5.31. The highest BCUT2D eigenvalue weighted by molar-refractivity contribution is 7.80. The second-order valence-corrected chi connectivity index (χ2v) is 11.0. The third-order valence-corrected chi connectivity index (χ3v) is 8.40. The molecule has 0 amide bonds. The van der Waals surface area contributed by atoms with Crippen LogP contribution in [0.4, 0.5) is 0 Å². The Morgan fingerprint density at radius 1 is 0.575 bits per heavy atom. The molecular formula is C36H26N2S2. The summed E-state index contributed by atoms with van der Waals surface area (Å²) in [6, 6.07) is 35.7. The highest BCUT2D eigenvalue weighted by Gasteiger charge is 2.20. The molecule has 2 nitrogen and oxygen atoms in total. The third-order valence-electron chi connectivity index (χ3n) is 7.62. The van der Waals surface area contributed by atoms with Crippen molar-refractivity contribution >= 4 is 47.1 Å². The number of hydrogen-bond acceptors (Lipinski definition) is 4. The summed E-state index contributed by atoms with van der Waals surface area (Å²) in [6.45, 7) is 0. The number of benzene rings is 4. The smallest absolute Gasteiger partial charge is 0.0978 e. The quantitative estimate of drug-likeness (QED) is 0.169. The lowest BCUT2D eigenvalue weighted by Gasteiger charge is -2.19. The van der Waals surface area contributed by atoms with E-state index in [0.29, 0.717) is 0 Å². The summed E-state index contributed by atoms with van der Waals surface area (Å²) < 4.78 is 0. The van der Waals surface area contributed by atoms with E-state index >= 15 is 0 Å². The fourth-order valence-electron chi connectivity index (χ4n) is 5.63. The lowest BCUT2D eigenvalue weighted by Crippen LogP contribution is -2.02. The van der Waals surface area contributed by atoms with Crippen LogP contribution in [-0.4, -0.2) is 9.97 Å². The molecule has 4 aromatic carbocycles. The molecule has 0 bridgehead atoms. The second-order valence-electron chi connectivity index (χ2n) is 10.1. The fourth-order valence-corrected chi connectivity index (χ4v) is 6.18. The highest BCUT2D eigenvalue weighted by Crippen LogP contribution is 2.40. The number of thiol groups is 2. The van der Waals surface area contributed by atoms with E-state index in [-0.39, 0.29) is 5.92 Å². The van der Waals surface area contributed by atoms with E-state index in [0.717, 1.165) is 71.7 Å². The van der Waals surface area contributed by atoms with Gasteiger partial charge in [-0.05, 0) is 47.4 Å². The lowest BCUT2D eigenvalue weighted by atomic mass is 9.88. The Labute approximate surface area is 245 Å². The van der Waals surface area contributed by atoms with E-state index in [4.69, 9.17) is 35.2 Å². The van der Waals surface area contributed by atoms with Crippen molar-refractivity contribution in [2.45, 2.75) is 22.1 Å². The van der Waals surface area contributed by atoms with Crippen molar-refractivity contribution in [3.8, 4) is 33.6 Å². The Bertz CT molecular complexity index is 1960. The fraction of sp³-hybridized carbons (Fsp3) is 0.0556. The molecule has 0 N–H and O–H groups in total. The van der Waals surface area contributed by atoms with Gasteiger partial charge in [0.25, 0.3) is 0 Å². The number of fused-ring (bicyclic) bond motifs is 3. The first kappa shape index (κ1) is 24.9. The van der Waals surface area contributed by atoms with Crippen LogP contribution >= 0.6 is 25.3 Å². The molecular weight excluding hydrogens is 525 g/mol. The van der Waals surface area contributed by atoms with Gasteiger partial charge in [0.15, 0.2) is 0 Å². The SMILES string of the molecule is Sc1ccccc1-c1cc(-c2ccccc2)c2ccc3c(C4C=CC=CC4)cc(-c4ccccc4S)nc3c2n1. The van der Waals surface area contributed by atoms with E-state index in [9.17, 15) is 0 Å². The maximum absolute atomic E-state index is 5.31. The highest BCUT2D eigenvalue weighted by atomic mass is 32.1. The first-order chi connectivity index (χ1) is 19.7. The Morgan fingerprint density at radius 2 is 1.18 bits per heavy atom. The van der Waals surface area contributed by atoms with Crippen LogP contribution in [0.15, 0.2) is 137 Å². The molecule has 0 radical (unpaired) electrons. The Balaban J connectivity index is 1.61. The summed E-state index contributed by atoms with van der Waals surface area (Å²) in [5, 5.41) is 2.20. The summed E-state index contributed by atoms with van der Waals surface area (Å²) in [5.41, 5.74) is 9.12. The number of allylic oxidation sites excluding steroid dienone is 4. The van der Waals surface area contributed by atoms with Gasteiger partial charge >= 0.3 is 0 Å². The number of rotatable bonds is 4. The molecule has 7 rings (SSSR count). The molecule has 0 fully saturated rings. The predicted molar refractivity (Wildman–Crippen MR) is 173 cm³/mol. The van der Waals surface area contributed by atoms with Crippen molar-refractivity contribution in [2.75, 3.05) is 0 Å². The molecule has 0 saturated heterocycles. The Hall–Kier alpha value is -4.12. The van der Waals surface area contributed by atoms with Crippen molar-refractivity contribution in [3.63, 3.8) is 0 Å². The van der Waals surface area contributed by atoms with Crippen molar-refractivity contribution in [1.82, 2.24) is 9.97 Å². The van der Waals surface area contributed by atoms with E-state index in [2.05, 4.69) is 85.0 Å². The number of aromatic nitrogens is 2. The summed E-state index contributed by atoms with van der Waals surface area (Å²) in [5.74, 6) is 0.258.